The number of benzene rings is 3. The van der Waals surface area contributed by atoms with Crippen LogP contribution in [0.4, 0.5) is 0 Å². The number of carbonyl (C=O) groups is 1. The molecule has 3 rings (SSSR count). The molecule has 32 heavy (non-hydrogen) atoms. The lowest BCUT2D eigenvalue weighted by atomic mass is 10.2. The van der Waals surface area contributed by atoms with Gasteiger partial charge in [0.25, 0.3) is 5.91 Å². The van der Waals surface area contributed by atoms with Gasteiger partial charge in [-0.25, -0.2) is 5.43 Å². The minimum absolute atomic E-state index is 0.343. The number of methoxy groups -OCH3 is 2. The first-order valence-electron chi connectivity index (χ1n) is 9.33. The summed E-state index contributed by atoms with van der Waals surface area (Å²) in [6.45, 7) is 0.356. The maximum atomic E-state index is 12.4. The minimum atomic E-state index is -0.343. The van der Waals surface area contributed by atoms with Gasteiger partial charge in [-0.05, 0) is 92.1 Å². The molecule has 0 fully saturated rings. The van der Waals surface area contributed by atoms with Crippen molar-refractivity contribution in [1.82, 2.24) is 5.43 Å². The maximum Gasteiger partial charge on any atom is 0.271 e. The average Bonchev–Trinajstić information content (AvgIpc) is 2.79. The summed E-state index contributed by atoms with van der Waals surface area (Å²) in [6, 6.07) is 16.2. The van der Waals surface area contributed by atoms with Crippen LogP contribution in [0, 0.1) is 3.57 Å². The van der Waals surface area contributed by atoms with Gasteiger partial charge in [-0.2, -0.15) is 5.10 Å². The highest BCUT2D eigenvalue weighted by Crippen LogP contribution is 2.37. The molecule has 1 N–H and O–H groups in total. The second-order valence-electron chi connectivity index (χ2n) is 6.50. The third kappa shape index (κ3) is 6.36. The number of halogens is 3. The van der Waals surface area contributed by atoms with Crippen LogP contribution < -0.4 is 19.6 Å². The van der Waals surface area contributed by atoms with Crippen LogP contribution in [0.2, 0.25) is 5.02 Å². The monoisotopic (exact) mass is 628 g/mol. The van der Waals surface area contributed by atoms with E-state index < -0.39 is 0 Å². The summed E-state index contributed by atoms with van der Waals surface area (Å²) in [4.78, 5) is 12.4. The molecule has 0 unspecified atom stereocenters. The smallest absolute Gasteiger partial charge is 0.271 e. The number of nitrogens with one attached hydrogen (secondary N) is 1. The third-order valence-electron chi connectivity index (χ3n) is 4.34. The molecule has 3 aromatic rings. The fourth-order valence-corrected chi connectivity index (χ4v) is 3.98. The molecule has 0 bridgehead atoms. The first-order chi connectivity index (χ1) is 15.4. The predicted octanol–water partition coefficient (Wildman–Crippen LogP) is 6.07. The van der Waals surface area contributed by atoms with E-state index in [0.717, 1.165) is 9.13 Å². The number of nitrogens with zero attached hydrogens (tertiary/aromatic N) is 1. The van der Waals surface area contributed by atoms with Gasteiger partial charge in [-0.3, -0.25) is 4.79 Å². The quantitative estimate of drug-likeness (QED) is 0.187. The Labute approximate surface area is 213 Å². The number of hydrogen-bond donors (Lipinski definition) is 1. The summed E-state index contributed by atoms with van der Waals surface area (Å²) in [5.74, 6) is 1.38. The van der Waals surface area contributed by atoms with Gasteiger partial charge in [0.15, 0.2) is 11.5 Å². The standard InChI is InChI=1S/C23H19BrClIN2O4/c1-30-20-11-16(5-8-19(20)26)23(29)28-27-12-15-9-18(24)22(21(10-15)31-2)32-13-14-3-6-17(25)7-4-14/h3-12H,13H2,1-2H3,(H,28,29)/b27-12-. The summed E-state index contributed by atoms with van der Waals surface area (Å²) in [7, 11) is 3.12. The Balaban J connectivity index is 1.69. The lowest BCUT2D eigenvalue weighted by Gasteiger charge is -2.13. The molecule has 0 aliphatic heterocycles. The van der Waals surface area contributed by atoms with E-state index in [1.807, 2.05) is 36.4 Å². The van der Waals surface area contributed by atoms with E-state index in [-0.39, 0.29) is 5.91 Å². The molecule has 0 heterocycles. The Bertz CT molecular complexity index is 1140. The highest BCUT2D eigenvalue weighted by Gasteiger charge is 2.12. The molecule has 0 atom stereocenters. The van der Waals surface area contributed by atoms with E-state index in [9.17, 15) is 4.79 Å². The predicted molar refractivity (Wildman–Crippen MR) is 137 cm³/mol. The van der Waals surface area contributed by atoms with Gasteiger partial charge < -0.3 is 14.2 Å². The number of hydrazone groups is 1. The zero-order valence-electron chi connectivity index (χ0n) is 17.2. The van der Waals surface area contributed by atoms with Gasteiger partial charge in [0, 0.05) is 10.6 Å². The van der Waals surface area contributed by atoms with Crippen molar-refractivity contribution in [3.63, 3.8) is 0 Å². The van der Waals surface area contributed by atoms with Crippen molar-refractivity contribution in [3.8, 4) is 17.2 Å². The normalized spacial score (nSPS) is 10.8. The number of hydrogen-bond acceptors (Lipinski definition) is 5. The lowest BCUT2D eigenvalue weighted by Crippen LogP contribution is -2.17. The number of rotatable bonds is 8. The topological polar surface area (TPSA) is 69.2 Å². The lowest BCUT2D eigenvalue weighted by molar-refractivity contribution is 0.0954. The van der Waals surface area contributed by atoms with E-state index in [1.54, 1.807) is 32.4 Å². The molecule has 3 aromatic carbocycles. The highest BCUT2D eigenvalue weighted by atomic mass is 127. The van der Waals surface area contributed by atoms with Gasteiger partial charge in [0.2, 0.25) is 0 Å². The summed E-state index contributed by atoms with van der Waals surface area (Å²) in [5.41, 5.74) is 4.66. The Morgan fingerprint density at radius 2 is 1.81 bits per heavy atom. The highest BCUT2D eigenvalue weighted by molar-refractivity contribution is 14.1. The molecule has 0 saturated carbocycles. The minimum Gasteiger partial charge on any atom is -0.496 e. The Morgan fingerprint density at radius 3 is 2.50 bits per heavy atom. The summed E-state index contributed by atoms with van der Waals surface area (Å²) < 4.78 is 18.3. The van der Waals surface area contributed by atoms with Crippen molar-refractivity contribution < 1.29 is 19.0 Å². The van der Waals surface area contributed by atoms with Crippen LogP contribution in [0.1, 0.15) is 21.5 Å². The molecule has 9 heteroatoms. The molecule has 0 aliphatic carbocycles. The van der Waals surface area contributed by atoms with Crippen LogP contribution in [0.15, 0.2) is 64.2 Å². The molecular formula is C23H19BrClIN2O4. The van der Waals surface area contributed by atoms with Crippen LogP contribution in [0.5, 0.6) is 17.2 Å². The Morgan fingerprint density at radius 1 is 1.09 bits per heavy atom. The summed E-state index contributed by atoms with van der Waals surface area (Å²) >= 11 is 11.6. The third-order valence-corrected chi connectivity index (χ3v) is 6.07. The molecular weight excluding hydrogens is 611 g/mol. The SMILES string of the molecule is COc1cc(C(=O)N/N=C\c2cc(Br)c(OCc3ccc(Cl)cc3)c(OC)c2)ccc1I. The van der Waals surface area contributed by atoms with Gasteiger partial charge in [-0.1, -0.05) is 23.7 Å². The second kappa shape index (κ2) is 11.5. The first kappa shape index (κ1) is 24.3. The number of ether oxygens (including phenoxy) is 3. The van der Waals surface area contributed by atoms with Crippen molar-refractivity contribution in [2.75, 3.05) is 14.2 Å². The maximum absolute atomic E-state index is 12.4. The van der Waals surface area contributed by atoms with Crippen LogP contribution in [-0.4, -0.2) is 26.3 Å². The van der Waals surface area contributed by atoms with Crippen molar-refractivity contribution in [1.29, 1.82) is 0 Å². The molecule has 166 valence electrons. The molecule has 1 amide bonds. The van der Waals surface area contributed by atoms with Gasteiger partial charge in [0.05, 0.1) is 28.5 Å². The van der Waals surface area contributed by atoms with Gasteiger partial charge in [-0.15, -0.1) is 0 Å². The molecule has 0 spiro atoms. The van der Waals surface area contributed by atoms with Crippen molar-refractivity contribution in [3.05, 3.63) is 84.4 Å². The average molecular weight is 630 g/mol. The summed E-state index contributed by atoms with van der Waals surface area (Å²) in [6.07, 6.45) is 1.53. The fraction of sp³-hybridized carbons (Fsp3) is 0.130. The first-order valence-corrected chi connectivity index (χ1v) is 11.6. The van der Waals surface area contributed by atoms with Crippen LogP contribution in [0.3, 0.4) is 0 Å². The van der Waals surface area contributed by atoms with Crippen molar-refractivity contribution >= 4 is 62.2 Å². The molecule has 0 aliphatic rings. The van der Waals surface area contributed by atoms with E-state index in [1.165, 1.54) is 6.21 Å². The summed E-state index contributed by atoms with van der Waals surface area (Å²) in [5, 5.41) is 4.72. The zero-order chi connectivity index (χ0) is 23.1. The van der Waals surface area contributed by atoms with Crippen molar-refractivity contribution in [2.45, 2.75) is 6.61 Å². The molecule has 6 nitrogen and oxygen atoms in total. The van der Waals surface area contributed by atoms with E-state index in [4.69, 9.17) is 25.8 Å². The van der Waals surface area contributed by atoms with E-state index >= 15 is 0 Å². The van der Waals surface area contributed by atoms with E-state index in [2.05, 4.69) is 49.0 Å². The fourth-order valence-electron chi connectivity index (χ4n) is 2.72. The van der Waals surface area contributed by atoms with Gasteiger partial charge in [0.1, 0.15) is 12.4 Å². The molecule has 0 radical (unpaired) electrons. The largest absolute Gasteiger partial charge is 0.496 e. The molecule has 0 aromatic heterocycles. The zero-order valence-corrected chi connectivity index (χ0v) is 21.7. The number of carbonyl (C=O) groups excluding carboxylic acids is 1. The Kier molecular flexibility index (Phi) is 8.77. The van der Waals surface area contributed by atoms with Crippen LogP contribution in [-0.2, 0) is 6.61 Å². The van der Waals surface area contributed by atoms with Crippen LogP contribution >= 0.6 is 50.1 Å². The molecule has 0 saturated heterocycles. The van der Waals surface area contributed by atoms with Crippen molar-refractivity contribution in [2.24, 2.45) is 5.10 Å². The van der Waals surface area contributed by atoms with Gasteiger partial charge >= 0.3 is 0 Å². The van der Waals surface area contributed by atoms with Crippen LogP contribution in [0.25, 0.3) is 0 Å². The second-order valence-corrected chi connectivity index (χ2v) is 8.95. The number of amides is 1. The Hall–Kier alpha value is -2.30. The van der Waals surface area contributed by atoms with E-state index in [0.29, 0.717) is 44.5 Å².